The number of aromatic nitrogens is 1. The van der Waals surface area contributed by atoms with Gasteiger partial charge in [-0.2, -0.15) is 5.26 Å². The predicted octanol–water partition coefficient (Wildman–Crippen LogP) is 0.900. The summed E-state index contributed by atoms with van der Waals surface area (Å²) in [5.41, 5.74) is 12.3. The van der Waals surface area contributed by atoms with Crippen molar-refractivity contribution in [3.8, 4) is 6.07 Å². The molecule has 0 saturated carbocycles. The smallest absolute Gasteiger partial charge is 0.338 e. The van der Waals surface area contributed by atoms with Crippen LogP contribution in [0.2, 0.25) is 0 Å². The topological polar surface area (TPSA) is 145 Å². The summed E-state index contributed by atoms with van der Waals surface area (Å²) in [5, 5.41) is 22.2. The van der Waals surface area contributed by atoms with Crippen molar-refractivity contribution in [1.82, 2.24) is 15.2 Å². The molecule has 4 rings (SSSR count). The fourth-order valence-electron chi connectivity index (χ4n) is 4.42. The van der Waals surface area contributed by atoms with E-state index in [1.807, 2.05) is 43.6 Å². The second kappa shape index (κ2) is 9.60. The van der Waals surface area contributed by atoms with Gasteiger partial charge in [0.05, 0.1) is 23.5 Å². The standard InChI is InChI=1S/C24H27N7O2/c1-14-5-23(29-9-17(14)7-26)28-8-16(6-25)10-31-11-21(30-22(27)12-31)18-3-4-19-20(15(18)2)13-33-24(19)32/h3-6,8-9,21-22,25,30H,10-13,27H2,1-2H3,(H,28,29)/p+1. The summed E-state index contributed by atoms with van der Waals surface area (Å²) in [6, 6.07) is 7.80. The van der Waals surface area contributed by atoms with Crippen molar-refractivity contribution in [3.05, 3.63) is 69.5 Å². The molecule has 3 heterocycles. The van der Waals surface area contributed by atoms with Crippen LogP contribution in [0.1, 0.15) is 44.2 Å². The van der Waals surface area contributed by atoms with Crippen LogP contribution in [-0.4, -0.2) is 47.9 Å². The number of carbonyl (C=O) groups excluding carboxylic acids is 1. The van der Waals surface area contributed by atoms with Crippen LogP contribution >= 0.6 is 0 Å². The molecule has 2 aliphatic heterocycles. The van der Waals surface area contributed by atoms with Gasteiger partial charge in [-0.1, -0.05) is 6.07 Å². The number of rotatable bonds is 6. The average Bonchev–Trinajstić information content (AvgIpc) is 3.18. The van der Waals surface area contributed by atoms with Gasteiger partial charge in [0.25, 0.3) is 0 Å². The van der Waals surface area contributed by atoms with E-state index in [2.05, 4.69) is 21.3 Å². The van der Waals surface area contributed by atoms with Gasteiger partial charge >= 0.3 is 5.97 Å². The van der Waals surface area contributed by atoms with Crippen molar-refractivity contribution in [2.24, 2.45) is 5.73 Å². The molecule has 1 aromatic heterocycles. The van der Waals surface area contributed by atoms with E-state index in [1.54, 1.807) is 6.20 Å². The molecular weight excluding hydrogens is 418 g/mol. The minimum absolute atomic E-state index is 0.00792. The molecule has 6 N–H and O–H groups in total. The number of cyclic esters (lactones) is 1. The average molecular weight is 447 g/mol. The lowest BCUT2D eigenvalue weighted by Crippen LogP contribution is -2.72. The van der Waals surface area contributed by atoms with Gasteiger partial charge in [-0.25, -0.2) is 9.78 Å². The summed E-state index contributed by atoms with van der Waals surface area (Å²) in [4.78, 5) is 18.4. The molecule has 33 heavy (non-hydrogen) atoms. The van der Waals surface area contributed by atoms with Crippen LogP contribution in [0.25, 0.3) is 0 Å². The quantitative estimate of drug-likeness (QED) is 0.381. The molecule has 9 nitrogen and oxygen atoms in total. The molecule has 2 unspecified atom stereocenters. The van der Waals surface area contributed by atoms with E-state index in [1.165, 1.54) is 6.21 Å². The number of nitrogens with zero attached hydrogens (tertiary/aromatic N) is 3. The monoisotopic (exact) mass is 446 g/mol. The number of pyridine rings is 1. The molecule has 2 aromatic rings. The Morgan fingerprint density at radius 3 is 3.00 bits per heavy atom. The fraction of sp³-hybridized carbons (Fsp3) is 0.333. The van der Waals surface area contributed by atoms with Crippen LogP contribution in [0.4, 0.5) is 5.82 Å². The van der Waals surface area contributed by atoms with E-state index in [9.17, 15) is 4.79 Å². The predicted molar refractivity (Wildman–Crippen MR) is 123 cm³/mol. The zero-order valence-corrected chi connectivity index (χ0v) is 18.8. The van der Waals surface area contributed by atoms with Crippen LogP contribution in [0, 0.1) is 30.6 Å². The lowest BCUT2D eigenvalue weighted by atomic mass is 9.92. The third-order valence-corrected chi connectivity index (χ3v) is 6.21. The number of piperazine rings is 1. The van der Waals surface area contributed by atoms with Crippen molar-refractivity contribution in [2.45, 2.75) is 32.7 Å². The lowest BCUT2D eigenvalue weighted by molar-refractivity contribution is -0.501. The van der Waals surface area contributed by atoms with E-state index in [-0.39, 0.29) is 18.2 Å². The van der Waals surface area contributed by atoms with Gasteiger partial charge in [-0.15, -0.1) is 0 Å². The number of hydrogen-bond acceptors (Lipinski definition) is 8. The number of ether oxygens (including phenoxy) is 1. The molecule has 1 aromatic carbocycles. The highest BCUT2D eigenvalue weighted by Crippen LogP contribution is 2.30. The first kappa shape index (κ1) is 22.8. The molecule has 0 spiro atoms. The summed E-state index contributed by atoms with van der Waals surface area (Å²) >= 11 is 0. The summed E-state index contributed by atoms with van der Waals surface area (Å²) in [6.07, 6.45) is 4.58. The number of hydrogen-bond donors (Lipinski definition) is 4. The van der Waals surface area contributed by atoms with Gasteiger partial charge in [0, 0.05) is 49.1 Å². The molecule has 170 valence electrons. The second-order valence-corrected chi connectivity index (χ2v) is 8.49. The normalized spacial score (nSPS) is 20.8. The maximum atomic E-state index is 11.9. The van der Waals surface area contributed by atoms with Crippen LogP contribution in [0.5, 0.6) is 0 Å². The minimum atomic E-state index is -0.265. The Morgan fingerprint density at radius 2 is 2.27 bits per heavy atom. The van der Waals surface area contributed by atoms with Crippen molar-refractivity contribution in [1.29, 1.82) is 10.7 Å². The molecule has 1 saturated heterocycles. The molecule has 2 aliphatic rings. The first-order chi connectivity index (χ1) is 15.9. The number of nitrogens with one attached hydrogen (secondary N) is 2. The molecule has 0 amide bonds. The maximum absolute atomic E-state index is 11.9. The van der Waals surface area contributed by atoms with Gasteiger partial charge in [-0.3, -0.25) is 15.5 Å². The Bertz CT molecular complexity index is 1170. The minimum Gasteiger partial charge on any atom is -0.457 e. The Hall–Kier alpha value is -3.42. The van der Waals surface area contributed by atoms with Crippen LogP contribution in [-0.2, 0) is 11.3 Å². The third kappa shape index (κ3) is 4.84. The molecule has 0 radical (unpaired) electrons. The summed E-state index contributed by atoms with van der Waals surface area (Å²) in [5.74, 6) is 0.477. The third-order valence-electron chi connectivity index (χ3n) is 6.21. The number of nitriles is 1. The Morgan fingerprint density at radius 1 is 1.45 bits per heavy atom. The van der Waals surface area contributed by atoms with Gasteiger partial charge in [-0.05, 0) is 36.6 Å². The van der Waals surface area contributed by atoms with Gasteiger partial charge < -0.3 is 15.9 Å². The molecule has 1 fully saturated rings. The highest BCUT2D eigenvalue weighted by Gasteiger charge is 2.30. The molecule has 9 heteroatoms. The molecule has 2 atom stereocenters. The first-order valence-corrected chi connectivity index (χ1v) is 10.8. The van der Waals surface area contributed by atoms with Crippen molar-refractivity contribution < 1.29 is 14.8 Å². The van der Waals surface area contributed by atoms with E-state index in [0.29, 0.717) is 30.8 Å². The molecular formula is C24H28N7O2+. The molecule has 0 aliphatic carbocycles. The van der Waals surface area contributed by atoms with Crippen LogP contribution in [0.3, 0.4) is 0 Å². The highest BCUT2D eigenvalue weighted by molar-refractivity contribution is 5.94. The lowest BCUT2D eigenvalue weighted by Gasteiger charge is -2.38. The van der Waals surface area contributed by atoms with E-state index >= 15 is 0 Å². The van der Waals surface area contributed by atoms with Crippen molar-refractivity contribution in [3.63, 3.8) is 0 Å². The van der Waals surface area contributed by atoms with Gasteiger partial charge in [0.1, 0.15) is 18.9 Å². The van der Waals surface area contributed by atoms with Gasteiger partial charge in [0.15, 0.2) is 0 Å². The fourth-order valence-corrected chi connectivity index (χ4v) is 4.42. The zero-order chi connectivity index (χ0) is 23.5. The molecule has 0 bridgehead atoms. The van der Waals surface area contributed by atoms with Crippen LogP contribution < -0.4 is 16.4 Å². The largest absolute Gasteiger partial charge is 0.457 e. The van der Waals surface area contributed by atoms with E-state index in [0.717, 1.165) is 40.2 Å². The maximum Gasteiger partial charge on any atom is 0.338 e. The summed E-state index contributed by atoms with van der Waals surface area (Å²) < 4.78 is 5.19. The Balaban J connectivity index is 1.47. The SMILES string of the molecule is Cc1cc([NH2+]C=C(C=N)CN2CC(N)NC(c3ccc4c(c3C)COC4=O)C2)ncc1C#N. The highest BCUT2D eigenvalue weighted by atomic mass is 16.5. The number of nitrogens with two attached hydrogens (primary N) is 2. The number of aryl methyl sites for hydroxylation is 1. The van der Waals surface area contributed by atoms with E-state index < -0.39 is 0 Å². The van der Waals surface area contributed by atoms with E-state index in [4.69, 9.17) is 21.1 Å². The van der Waals surface area contributed by atoms with Crippen molar-refractivity contribution in [2.75, 3.05) is 19.6 Å². The summed E-state index contributed by atoms with van der Waals surface area (Å²) in [7, 11) is 0. The van der Waals surface area contributed by atoms with Gasteiger partial charge in [0.2, 0.25) is 5.82 Å². The number of esters is 1. The first-order valence-electron chi connectivity index (χ1n) is 10.8. The number of fused-ring (bicyclic) bond motifs is 1. The summed E-state index contributed by atoms with van der Waals surface area (Å²) in [6.45, 7) is 6.17. The number of quaternary nitrogens is 1. The Kier molecular flexibility index (Phi) is 6.62. The number of benzene rings is 1. The number of carbonyl (C=O) groups is 1. The van der Waals surface area contributed by atoms with Crippen molar-refractivity contribution >= 4 is 18.0 Å². The van der Waals surface area contributed by atoms with Crippen LogP contribution in [0.15, 0.2) is 36.2 Å². The zero-order valence-electron chi connectivity index (χ0n) is 18.8. The Labute approximate surface area is 192 Å². The second-order valence-electron chi connectivity index (χ2n) is 8.49.